The van der Waals surface area contributed by atoms with Crippen LogP contribution in [0.5, 0.6) is 5.75 Å². The summed E-state index contributed by atoms with van der Waals surface area (Å²) in [4.78, 5) is 18.5. The van der Waals surface area contributed by atoms with E-state index in [1.807, 2.05) is 34.7 Å². The van der Waals surface area contributed by atoms with E-state index < -0.39 is 0 Å². The molecule has 0 aliphatic carbocycles. The lowest BCUT2D eigenvalue weighted by Crippen LogP contribution is -2.38. The first-order valence-electron chi connectivity index (χ1n) is 8.61. The van der Waals surface area contributed by atoms with E-state index in [1.165, 1.54) is 11.3 Å². The number of hydrogen-bond acceptors (Lipinski definition) is 5. The third-order valence-electron chi connectivity index (χ3n) is 4.89. The number of benzene rings is 1. The Morgan fingerprint density at radius 1 is 1.35 bits per heavy atom. The molecule has 0 unspecified atom stereocenters. The van der Waals surface area contributed by atoms with Crippen LogP contribution in [0.1, 0.15) is 34.9 Å². The molecule has 4 rings (SSSR count). The Labute approximate surface area is 155 Å². The Morgan fingerprint density at radius 3 is 2.92 bits per heavy atom. The van der Waals surface area contributed by atoms with Crippen molar-refractivity contribution in [3.8, 4) is 16.9 Å². The molecule has 1 aliphatic rings. The van der Waals surface area contributed by atoms with Crippen LogP contribution in [0.2, 0.25) is 0 Å². The van der Waals surface area contributed by atoms with Crippen LogP contribution >= 0.6 is 11.3 Å². The fraction of sp³-hybridized carbons (Fsp3) is 0.316. The van der Waals surface area contributed by atoms with E-state index in [2.05, 4.69) is 21.2 Å². The third kappa shape index (κ3) is 3.22. The number of rotatable bonds is 4. The maximum absolute atomic E-state index is 12.4. The van der Waals surface area contributed by atoms with Crippen molar-refractivity contribution in [1.82, 2.24) is 20.1 Å². The van der Waals surface area contributed by atoms with E-state index >= 15 is 0 Å². The fourth-order valence-electron chi connectivity index (χ4n) is 3.48. The lowest BCUT2D eigenvalue weighted by Gasteiger charge is -2.31. The molecule has 6 nitrogen and oxygen atoms in total. The van der Waals surface area contributed by atoms with Crippen LogP contribution in [0.3, 0.4) is 0 Å². The second-order valence-electron chi connectivity index (χ2n) is 6.37. The molecule has 1 aromatic carbocycles. The molecular weight excluding hydrogens is 348 g/mol. The number of piperidine rings is 1. The van der Waals surface area contributed by atoms with E-state index in [4.69, 9.17) is 4.74 Å². The zero-order valence-electron chi connectivity index (χ0n) is 14.5. The summed E-state index contributed by atoms with van der Waals surface area (Å²) in [5.41, 5.74) is 5.58. The minimum atomic E-state index is 0.0299. The SMILES string of the molecule is COc1cccc(-c2cn[nH]c2C2CCN(C(=O)c3cscn3)CC2)c1. The molecule has 7 heteroatoms. The van der Waals surface area contributed by atoms with Gasteiger partial charge in [-0.15, -0.1) is 11.3 Å². The van der Waals surface area contributed by atoms with Crippen LogP contribution in [-0.2, 0) is 0 Å². The van der Waals surface area contributed by atoms with Crippen LogP contribution in [0.4, 0.5) is 0 Å². The molecule has 0 atom stereocenters. The number of thiazole rings is 1. The summed E-state index contributed by atoms with van der Waals surface area (Å²) >= 11 is 1.45. The molecule has 1 aliphatic heterocycles. The second kappa shape index (κ2) is 7.29. The highest BCUT2D eigenvalue weighted by Crippen LogP contribution is 2.35. The van der Waals surface area contributed by atoms with Crippen molar-refractivity contribution in [2.24, 2.45) is 0 Å². The van der Waals surface area contributed by atoms with E-state index in [0.717, 1.165) is 48.5 Å². The average Bonchev–Trinajstić information content (AvgIpc) is 3.39. The summed E-state index contributed by atoms with van der Waals surface area (Å²) in [6.07, 6.45) is 3.70. The van der Waals surface area contributed by atoms with Gasteiger partial charge in [0.1, 0.15) is 11.4 Å². The molecule has 3 heterocycles. The standard InChI is InChI=1S/C19H20N4O2S/c1-25-15-4-2-3-14(9-15)16-10-21-22-18(16)13-5-7-23(8-6-13)19(24)17-11-26-12-20-17/h2-4,9-13H,5-8H2,1H3,(H,21,22). The second-order valence-corrected chi connectivity index (χ2v) is 7.09. The third-order valence-corrected chi connectivity index (χ3v) is 5.48. The van der Waals surface area contributed by atoms with Crippen molar-refractivity contribution in [3.63, 3.8) is 0 Å². The molecule has 3 aromatic rings. The molecule has 0 spiro atoms. The van der Waals surface area contributed by atoms with E-state index in [-0.39, 0.29) is 5.91 Å². The number of hydrogen-bond donors (Lipinski definition) is 1. The molecule has 134 valence electrons. The van der Waals surface area contributed by atoms with Crippen LogP contribution in [0, 0.1) is 0 Å². The van der Waals surface area contributed by atoms with Gasteiger partial charge in [0.05, 0.1) is 18.8 Å². The minimum Gasteiger partial charge on any atom is -0.497 e. The van der Waals surface area contributed by atoms with Gasteiger partial charge in [-0.1, -0.05) is 12.1 Å². The Bertz CT molecular complexity index is 883. The Balaban J connectivity index is 1.49. The van der Waals surface area contributed by atoms with Crippen molar-refractivity contribution in [3.05, 3.63) is 52.7 Å². The van der Waals surface area contributed by atoms with Crippen molar-refractivity contribution < 1.29 is 9.53 Å². The number of ether oxygens (including phenoxy) is 1. The molecular formula is C19H20N4O2S. The number of aromatic amines is 1. The first-order chi connectivity index (χ1) is 12.8. The number of methoxy groups -OCH3 is 1. The van der Waals surface area contributed by atoms with E-state index in [0.29, 0.717) is 11.6 Å². The van der Waals surface area contributed by atoms with Gasteiger partial charge < -0.3 is 9.64 Å². The summed E-state index contributed by atoms with van der Waals surface area (Å²) in [6.45, 7) is 1.47. The predicted octanol–water partition coefficient (Wildman–Crippen LogP) is 3.56. The zero-order valence-corrected chi connectivity index (χ0v) is 15.3. The summed E-state index contributed by atoms with van der Waals surface area (Å²) < 4.78 is 5.33. The first kappa shape index (κ1) is 16.8. The maximum atomic E-state index is 12.4. The smallest absolute Gasteiger partial charge is 0.273 e. The summed E-state index contributed by atoms with van der Waals surface area (Å²) in [7, 11) is 1.67. The van der Waals surface area contributed by atoms with Crippen LogP contribution in [-0.4, -0.2) is 46.2 Å². The van der Waals surface area contributed by atoms with Crippen molar-refractivity contribution in [2.75, 3.05) is 20.2 Å². The highest BCUT2D eigenvalue weighted by Gasteiger charge is 2.27. The average molecular weight is 368 g/mol. The number of likely N-dealkylation sites (tertiary alicyclic amines) is 1. The molecule has 26 heavy (non-hydrogen) atoms. The van der Waals surface area contributed by atoms with Gasteiger partial charge in [0.25, 0.3) is 5.91 Å². The zero-order chi connectivity index (χ0) is 17.9. The maximum Gasteiger partial charge on any atom is 0.273 e. The Kier molecular flexibility index (Phi) is 4.71. The van der Waals surface area contributed by atoms with Crippen LogP contribution in [0.15, 0.2) is 41.4 Å². The van der Waals surface area contributed by atoms with Gasteiger partial charge in [0.15, 0.2) is 0 Å². The number of carbonyl (C=O) groups excluding carboxylic acids is 1. The van der Waals surface area contributed by atoms with Crippen LogP contribution in [0.25, 0.3) is 11.1 Å². The molecule has 2 aromatic heterocycles. The van der Waals surface area contributed by atoms with Gasteiger partial charge in [0.2, 0.25) is 0 Å². The van der Waals surface area contributed by atoms with Gasteiger partial charge in [-0.25, -0.2) is 4.98 Å². The fourth-order valence-corrected chi connectivity index (χ4v) is 4.01. The van der Waals surface area contributed by atoms with Gasteiger partial charge in [-0.05, 0) is 30.5 Å². The lowest BCUT2D eigenvalue weighted by molar-refractivity contribution is 0.0707. The molecule has 0 bridgehead atoms. The van der Waals surface area contributed by atoms with Gasteiger partial charge in [0, 0.05) is 35.6 Å². The summed E-state index contributed by atoms with van der Waals surface area (Å²) in [6, 6.07) is 8.01. The number of nitrogens with one attached hydrogen (secondary N) is 1. The molecule has 1 amide bonds. The highest BCUT2D eigenvalue weighted by atomic mass is 32.1. The van der Waals surface area contributed by atoms with Gasteiger partial charge in [-0.3, -0.25) is 9.89 Å². The minimum absolute atomic E-state index is 0.0299. The monoisotopic (exact) mass is 368 g/mol. The number of aromatic nitrogens is 3. The molecule has 0 radical (unpaired) electrons. The lowest BCUT2D eigenvalue weighted by atomic mass is 9.89. The van der Waals surface area contributed by atoms with E-state index in [1.54, 1.807) is 12.6 Å². The quantitative estimate of drug-likeness (QED) is 0.764. The van der Waals surface area contributed by atoms with Gasteiger partial charge >= 0.3 is 0 Å². The van der Waals surface area contributed by atoms with Crippen molar-refractivity contribution >= 4 is 17.2 Å². The number of carbonyl (C=O) groups is 1. The summed E-state index contributed by atoms with van der Waals surface area (Å²) in [5.74, 6) is 1.22. The topological polar surface area (TPSA) is 71.1 Å². The van der Waals surface area contributed by atoms with Crippen molar-refractivity contribution in [1.29, 1.82) is 0 Å². The van der Waals surface area contributed by atoms with Gasteiger partial charge in [-0.2, -0.15) is 5.10 Å². The highest BCUT2D eigenvalue weighted by molar-refractivity contribution is 7.07. The number of nitrogens with zero attached hydrogens (tertiary/aromatic N) is 3. The molecule has 0 saturated carbocycles. The molecule has 1 saturated heterocycles. The van der Waals surface area contributed by atoms with E-state index in [9.17, 15) is 4.79 Å². The molecule has 1 fully saturated rings. The predicted molar refractivity (Wildman–Crippen MR) is 101 cm³/mol. The summed E-state index contributed by atoms with van der Waals surface area (Å²) in [5, 5.41) is 9.26. The number of amides is 1. The van der Waals surface area contributed by atoms with Crippen LogP contribution < -0.4 is 4.74 Å². The first-order valence-corrected chi connectivity index (χ1v) is 9.55. The Hall–Kier alpha value is -2.67. The largest absolute Gasteiger partial charge is 0.497 e. The molecule has 1 N–H and O–H groups in total. The number of H-pyrrole nitrogens is 1. The normalized spacial score (nSPS) is 15.2. The van der Waals surface area contributed by atoms with Crippen molar-refractivity contribution in [2.45, 2.75) is 18.8 Å². The Morgan fingerprint density at radius 2 is 2.19 bits per heavy atom.